The fourth-order valence-corrected chi connectivity index (χ4v) is 0.790. The Kier molecular flexibility index (Phi) is 5.41. The lowest BCUT2D eigenvalue weighted by atomic mass is 10.4. The highest BCUT2D eigenvalue weighted by molar-refractivity contribution is 5.85. The van der Waals surface area contributed by atoms with Crippen molar-refractivity contribution in [3.8, 4) is 0 Å². The van der Waals surface area contributed by atoms with Gasteiger partial charge in [0.25, 0.3) is 0 Å². The van der Waals surface area contributed by atoms with Gasteiger partial charge in [0.15, 0.2) is 5.82 Å². The number of nitrogens with one attached hydrogen (secondary N) is 1. The molecule has 0 atom stereocenters. The molecule has 3 N–H and O–H groups in total. The van der Waals surface area contributed by atoms with E-state index in [2.05, 4.69) is 15.5 Å². The molecule has 1 rings (SSSR count). The van der Waals surface area contributed by atoms with E-state index < -0.39 is 0 Å². The zero-order valence-electron chi connectivity index (χ0n) is 7.78. The third-order valence-corrected chi connectivity index (χ3v) is 1.25. The van der Waals surface area contributed by atoms with Gasteiger partial charge in [0, 0.05) is 12.5 Å². The molecule has 76 valence electrons. The minimum Gasteiger partial charge on any atom is -0.336 e. The fraction of sp³-hybridized carbons (Fsp3) is 0.714. The second-order valence-electron chi connectivity index (χ2n) is 2.85. The van der Waals surface area contributed by atoms with E-state index in [-0.39, 0.29) is 12.4 Å². The predicted octanol–water partition coefficient (Wildman–Crippen LogP) is 0.813. The van der Waals surface area contributed by atoms with Gasteiger partial charge in [0.05, 0.1) is 0 Å². The summed E-state index contributed by atoms with van der Waals surface area (Å²) < 4.78 is 4.90. The summed E-state index contributed by atoms with van der Waals surface area (Å²) in [6.07, 6.45) is 0.656. The molecule has 0 aliphatic rings. The van der Waals surface area contributed by atoms with Gasteiger partial charge in [-0.05, 0) is 20.4 Å². The Hall–Kier alpha value is -0.810. The van der Waals surface area contributed by atoms with Crippen LogP contribution in [0.2, 0.25) is 0 Å². The van der Waals surface area contributed by atoms with E-state index in [0.29, 0.717) is 30.8 Å². The molecule has 0 saturated heterocycles. The highest BCUT2D eigenvalue weighted by atomic mass is 35.5. The number of nitrogens with zero attached hydrogens (tertiary/aromatic N) is 2. The summed E-state index contributed by atoms with van der Waals surface area (Å²) in [7, 11) is 0. The molecule has 0 aliphatic heterocycles. The molecule has 0 aromatic carbocycles. The van der Waals surface area contributed by atoms with Crippen LogP contribution >= 0.6 is 12.4 Å². The van der Waals surface area contributed by atoms with E-state index in [1.807, 2.05) is 13.8 Å². The zero-order chi connectivity index (χ0) is 8.97. The van der Waals surface area contributed by atoms with Gasteiger partial charge in [-0.3, -0.25) is 0 Å². The van der Waals surface area contributed by atoms with Crippen LogP contribution in [0.5, 0.6) is 0 Å². The number of nitrogens with two attached hydrogens (primary N) is 1. The predicted molar refractivity (Wildman–Crippen MR) is 53.1 cm³/mol. The molecule has 6 heteroatoms. The van der Waals surface area contributed by atoms with Gasteiger partial charge in [0.1, 0.15) is 0 Å². The lowest BCUT2D eigenvalue weighted by Crippen LogP contribution is -2.10. The molecule has 5 nitrogen and oxygen atoms in total. The second kappa shape index (κ2) is 5.77. The van der Waals surface area contributed by atoms with Crippen LogP contribution in [0, 0.1) is 0 Å². The Labute approximate surface area is 83.5 Å². The number of hydrogen-bond acceptors (Lipinski definition) is 5. The lowest BCUT2D eigenvalue weighted by Gasteiger charge is -2.01. The average Bonchev–Trinajstić information content (AvgIpc) is 2.36. The van der Waals surface area contributed by atoms with Gasteiger partial charge in [-0.15, -0.1) is 12.4 Å². The van der Waals surface area contributed by atoms with Crippen molar-refractivity contribution >= 4 is 18.4 Å². The number of aromatic nitrogens is 2. The maximum Gasteiger partial charge on any atom is 0.321 e. The molecule has 0 radical (unpaired) electrons. The zero-order valence-corrected chi connectivity index (χ0v) is 8.60. The number of rotatable bonds is 4. The van der Waals surface area contributed by atoms with Crippen molar-refractivity contribution in [2.24, 2.45) is 5.73 Å². The molecule has 0 bridgehead atoms. The molecular weight excluding hydrogens is 192 g/mol. The van der Waals surface area contributed by atoms with Gasteiger partial charge in [-0.2, -0.15) is 4.98 Å². The largest absolute Gasteiger partial charge is 0.336 e. The smallest absolute Gasteiger partial charge is 0.321 e. The van der Waals surface area contributed by atoms with Crippen molar-refractivity contribution in [2.45, 2.75) is 26.3 Å². The minimum atomic E-state index is 0. The maximum atomic E-state index is 5.33. The Morgan fingerprint density at radius 3 is 2.77 bits per heavy atom. The highest BCUT2D eigenvalue weighted by Gasteiger charge is 2.04. The van der Waals surface area contributed by atoms with Crippen molar-refractivity contribution in [1.29, 1.82) is 0 Å². The van der Waals surface area contributed by atoms with Crippen molar-refractivity contribution in [1.82, 2.24) is 10.1 Å². The van der Waals surface area contributed by atoms with E-state index in [0.717, 1.165) is 0 Å². The molecule has 1 aromatic rings. The van der Waals surface area contributed by atoms with Crippen molar-refractivity contribution in [3.63, 3.8) is 0 Å². The second-order valence-corrected chi connectivity index (χ2v) is 2.85. The summed E-state index contributed by atoms with van der Waals surface area (Å²) in [5, 5.41) is 6.73. The average molecular weight is 207 g/mol. The number of hydrogen-bond donors (Lipinski definition) is 2. The van der Waals surface area contributed by atoms with Crippen molar-refractivity contribution in [2.75, 3.05) is 11.9 Å². The van der Waals surface area contributed by atoms with Crippen LogP contribution in [0.4, 0.5) is 6.01 Å². The van der Waals surface area contributed by atoms with Crippen LogP contribution < -0.4 is 11.1 Å². The molecule has 1 heterocycles. The monoisotopic (exact) mass is 206 g/mol. The summed E-state index contributed by atoms with van der Waals surface area (Å²) in [5.74, 6) is 0.653. The Morgan fingerprint density at radius 1 is 1.54 bits per heavy atom. The molecule has 0 amide bonds. The van der Waals surface area contributed by atoms with Crippen LogP contribution in [0.15, 0.2) is 4.52 Å². The molecule has 0 unspecified atom stereocenters. The van der Waals surface area contributed by atoms with Crippen LogP contribution in [0.3, 0.4) is 0 Å². The summed E-state index contributed by atoms with van der Waals surface area (Å²) in [5.41, 5.74) is 5.33. The van der Waals surface area contributed by atoms with Crippen LogP contribution in [-0.2, 0) is 6.42 Å². The summed E-state index contributed by atoms with van der Waals surface area (Å²) >= 11 is 0. The minimum absolute atomic E-state index is 0. The van der Waals surface area contributed by atoms with Gasteiger partial charge in [-0.1, -0.05) is 5.16 Å². The molecular formula is C7H15ClN4O. The van der Waals surface area contributed by atoms with E-state index in [1.54, 1.807) is 0 Å². The van der Waals surface area contributed by atoms with Crippen LogP contribution in [0.1, 0.15) is 19.7 Å². The topological polar surface area (TPSA) is 77.0 Å². The van der Waals surface area contributed by atoms with Crippen LogP contribution in [-0.4, -0.2) is 22.7 Å². The normalized spacial score (nSPS) is 9.85. The first-order chi connectivity index (χ1) is 5.72. The summed E-state index contributed by atoms with van der Waals surface area (Å²) in [6, 6.07) is 0.768. The fourth-order valence-electron chi connectivity index (χ4n) is 0.790. The van der Waals surface area contributed by atoms with Crippen LogP contribution in [0.25, 0.3) is 0 Å². The molecule has 0 spiro atoms. The number of halogens is 1. The Morgan fingerprint density at radius 2 is 2.23 bits per heavy atom. The van der Waals surface area contributed by atoms with Crippen molar-refractivity contribution in [3.05, 3.63) is 5.82 Å². The highest BCUT2D eigenvalue weighted by Crippen LogP contribution is 2.04. The van der Waals surface area contributed by atoms with Gasteiger partial charge in [-0.25, -0.2) is 0 Å². The van der Waals surface area contributed by atoms with E-state index >= 15 is 0 Å². The Bertz CT molecular complexity index is 238. The lowest BCUT2D eigenvalue weighted by molar-refractivity contribution is 0.420. The number of anilines is 1. The maximum absolute atomic E-state index is 5.33. The molecule has 13 heavy (non-hydrogen) atoms. The third-order valence-electron chi connectivity index (χ3n) is 1.25. The van der Waals surface area contributed by atoms with Gasteiger partial charge < -0.3 is 15.6 Å². The molecule has 0 fully saturated rings. The van der Waals surface area contributed by atoms with E-state index in [9.17, 15) is 0 Å². The quantitative estimate of drug-likeness (QED) is 0.763. The van der Waals surface area contributed by atoms with Gasteiger partial charge in [0.2, 0.25) is 0 Å². The summed E-state index contributed by atoms with van der Waals surface area (Å²) in [6.45, 7) is 4.56. The third kappa shape index (κ3) is 4.10. The molecule has 0 saturated carbocycles. The first-order valence-electron chi connectivity index (χ1n) is 4.01. The first kappa shape index (κ1) is 12.2. The standard InChI is InChI=1S/C7H14N4O.ClH/c1-5(2)9-7-10-6(3-4-8)11-12-7;/h5H,3-4,8H2,1-2H3,(H,9,10,11);1H. The summed E-state index contributed by atoms with van der Waals surface area (Å²) in [4.78, 5) is 4.07. The SMILES string of the molecule is CC(C)Nc1nc(CCN)no1.Cl. The van der Waals surface area contributed by atoms with Gasteiger partial charge >= 0.3 is 6.01 Å². The molecule has 0 aliphatic carbocycles. The van der Waals surface area contributed by atoms with E-state index in [1.165, 1.54) is 0 Å². The first-order valence-corrected chi connectivity index (χ1v) is 4.01. The molecule has 1 aromatic heterocycles. The Balaban J connectivity index is 0.00000144. The van der Waals surface area contributed by atoms with E-state index in [4.69, 9.17) is 10.3 Å². The van der Waals surface area contributed by atoms with Crippen molar-refractivity contribution < 1.29 is 4.52 Å².